The van der Waals surface area contributed by atoms with Gasteiger partial charge in [-0.15, -0.1) is 0 Å². The molecule has 20 heteroatoms. The minimum Gasteiger partial charge on any atom is -0.303 e. The molecule has 0 heterocycles. The number of phosphoric acid groups is 1. The van der Waals surface area contributed by atoms with Crippen LogP contribution in [0.4, 0.5) is 0 Å². The van der Waals surface area contributed by atoms with Crippen LogP contribution < -0.4 is 0 Å². The zero-order valence-electron chi connectivity index (χ0n) is 28.9. The molecular formula is C30H42O13PS6+3. The molecule has 0 spiro atoms. The summed E-state index contributed by atoms with van der Waals surface area (Å²) in [4.78, 5) is 22.3. The summed E-state index contributed by atoms with van der Waals surface area (Å²) in [5.41, 5.74) is 8.87. The Kier molecular flexibility index (Phi) is 19.1. The van der Waals surface area contributed by atoms with Gasteiger partial charge in [-0.1, -0.05) is 0 Å². The van der Waals surface area contributed by atoms with Gasteiger partial charge in [0.1, 0.15) is 0 Å². The molecule has 0 radical (unpaired) electrons. The van der Waals surface area contributed by atoms with Gasteiger partial charge in [-0.2, -0.15) is 0 Å². The van der Waals surface area contributed by atoms with Crippen molar-refractivity contribution in [1.82, 2.24) is 0 Å². The average molecular weight is 834 g/mol. The SMILES string of the molecule is Cc1cc(S(=O)(=O)C[S+]=O)cc(C)c1C.Cc1cc(S(=O)(=O)C[S+]=O)cc(C)c1C.Cc1cc(S(=O)(=O)C[S+]=O)cc(C)c1C.O=P(O)(O)O. The van der Waals surface area contributed by atoms with Crippen molar-refractivity contribution >= 4 is 72.3 Å². The Bertz CT molecular complexity index is 1790. The fourth-order valence-electron chi connectivity index (χ4n) is 3.92. The lowest BCUT2D eigenvalue weighted by molar-refractivity contribution is 0.275. The fraction of sp³-hybridized carbons (Fsp3) is 0.400. The largest absolute Gasteiger partial charge is 0.476 e. The molecule has 0 aliphatic rings. The van der Waals surface area contributed by atoms with E-state index in [0.29, 0.717) is 0 Å². The minimum atomic E-state index is -4.64. The maximum absolute atomic E-state index is 11.6. The van der Waals surface area contributed by atoms with E-state index in [1.54, 1.807) is 36.4 Å². The van der Waals surface area contributed by atoms with Crippen molar-refractivity contribution in [1.29, 1.82) is 0 Å². The molecule has 0 saturated carbocycles. The highest BCUT2D eigenvalue weighted by atomic mass is 32.3. The molecule has 3 aromatic carbocycles. The van der Waals surface area contributed by atoms with Crippen LogP contribution in [0.2, 0.25) is 0 Å². The van der Waals surface area contributed by atoms with Crippen molar-refractivity contribution in [2.24, 2.45) is 0 Å². The van der Waals surface area contributed by atoms with Gasteiger partial charge in [-0.25, -0.2) is 29.8 Å². The standard InChI is InChI=1S/3C10H13O3S2.H3O4P/c3*1-7-4-10(5-8(2)9(7)3)15(12,13)6-14-11;1-5(2,3)4/h3*4-5H,6H2,1-3H3;(H3,1,2,3,4)/q3*+1;. The van der Waals surface area contributed by atoms with Gasteiger partial charge >= 0.3 is 58.1 Å². The second-order valence-electron chi connectivity index (χ2n) is 11.1. The molecular weight excluding hydrogens is 792 g/mol. The first kappa shape index (κ1) is 47.7. The van der Waals surface area contributed by atoms with Gasteiger partial charge in [0.05, 0.1) is 14.7 Å². The molecule has 0 unspecified atom stereocenters. The zero-order chi connectivity index (χ0) is 39.4. The summed E-state index contributed by atoms with van der Waals surface area (Å²) in [5.74, 6) is 0. The number of hydrogen-bond acceptors (Lipinski definition) is 10. The van der Waals surface area contributed by atoms with E-state index < -0.39 is 52.6 Å². The first-order chi connectivity index (χ1) is 22.6. The van der Waals surface area contributed by atoms with Crippen molar-refractivity contribution in [2.75, 3.05) is 15.3 Å². The molecule has 0 amide bonds. The molecule has 278 valence electrons. The van der Waals surface area contributed by atoms with Crippen LogP contribution in [0.5, 0.6) is 0 Å². The number of benzene rings is 3. The van der Waals surface area contributed by atoms with E-state index in [9.17, 15) is 37.9 Å². The van der Waals surface area contributed by atoms with Crippen LogP contribution >= 0.6 is 7.82 Å². The summed E-state index contributed by atoms with van der Waals surface area (Å²) < 4.78 is 110. The van der Waals surface area contributed by atoms with Crippen molar-refractivity contribution in [3.05, 3.63) is 86.5 Å². The zero-order valence-corrected chi connectivity index (χ0v) is 34.7. The minimum absolute atomic E-state index is 0.0814. The summed E-state index contributed by atoms with van der Waals surface area (Å²) in [6, 6.07) is 9.71. The Hall–Kier alpha value is -2.32. The lowest BCUT2D eigenvalue weighted by Crippen LogP contribution is -2.06. The summed E-state index contributed by atoms with van der Waals surface area (Å²) in [6.07, 6.45) is 0. The van der Waals surface area contributed by atoms with Gasteiger partial charge < -0.3 is 14.7 Å². The van der Waals surface area contributed by atoms with Gasteiger partial charge in [-0.3, -0.25) is 0 Å². The smallest absolute Gasteiger partial charge is 0.303 e. The van der Waals surface area contributed by atoms with Gasteiger partial charge in [0.2, 0.25) is 29.5 Å². The van der Waals surface area contributed by atoms with Crippen molar-refractivity contribution in [2.45, 2.75) is 77.0 Å². The van der Waals surface area contributed by atoms with Crippen LogP contribution in [0.15, 0.2) is 51.1 Å². The normalized spacial score (nSPS) is 11.4. The lowest BCUT2D eigenvalue weighted by Gasteiger charge is -2.06. The Morgan fingerprint density at radius 1 is 0.440 bits per heavy atom. The van der Waals surface area contributed by atoms with Gasteiger partial charge in [0.15, 0.2) is 0 Å². The summed E-state index contributed by atoms with van der Waals surface area (Å²) >= 11 is 0.244. The predicted molar refractivity (Wildman–Crippen MR) is 197 cm³/mol. The number of hydrogen-bond donors (Lipinski definition) is 3. The Morgan fingerprint density at radius 2 is 0.580 bits per heavy atom. The third kappa shape index (κ3) is 15.9. The van der Waals surface area contributed by atoms with Gasteiger partial charge in [-0.05, 0) is 149 Å². The summed E-state index contributed by atoms with van der Waals surface area (Å²) in [6.45, 7) is 17.0. The Balaban J connectivity index is 0.000000674. The van der Waals surface area contributed by atoms with Crippen molar-refractivity contribution < 1.29 is 57.1 Å². The number of aryl methyl sites for hydroxylation is 6. The van der Waals surface area contributed by atoms with Gasteiger partial charge in [0, 0.05) is 12.6 Å². The quantitative estimate of drug-likeness (QED) is 0.201. The van der Waals surface area contributed by atoms with Crippen LogP contribution in [0.1, 0.15) is 50.1 Å². The highest BCUT2D eigenvalue weighted by molar-refractivity contribution is 8.00. The van der Waals surface area contributed by atoms with E-state index in [-0.39, 0.29) is 49.7 Å². The molecule has 3 N–H and O–H groups in total. The highest BCUT2D eigenvalue weighted by Gasteiger charge is 2.24. The molecule has 0 saturated heterocycles. The van der Waals surface area contributed by atoms with Gasteiger partial charge in [0.25, 0.3) is 0 Å². The topological polar surface area (TPSA) is 231 Å². The third-order valence-corrected chi connectivity index (χ3v) is 15.1. The molecule has 3 rings (SSSR count). The second-order valence-corrected chi connectivity index (χ2v) is 20.8. The second kappa shape index (κ2) is 20.1. The van der Waals surface area contributed by atoms with E-state index in [2.05, 4.69) is 0 Å². The van der Waals surface area contributed by atoms with Crippen molar-refractivity contribution in [3.63, 3.8) is 0 Å². The van der Waals surface area contributed by atoms with Crippen LogP contribution in [0.3, 0.4) is 0 Å². The average Bonchev–Trinajstić information content (AvgIpc) is 2.96. The summed E-state index contributed by atoms with van der Waals surface area (Å²) in [7, 11) is -14.9. The molecule has 50 heavy (non-hydrogen) atoms. The monoisotopic (exact) mass is 833 g/mol. The Labute approximate surface area is 306 Å². The molecule has 0 atom stereocenters. The van der Waals surface area contributed by atoms with Crippen molar-refractivity contribution in [3.8, 4) is 0 Å². The van der Waals surface area contributed by atoms with E-state index >= 15 is 0 Å². The molecule has 0 fully saturated rings. The molecule has 0 aliphatic carbocycles. The maximum Gasteiger partial charge on any atom is 0.476 e. The van der Waals surface area contributed by atoms with Crippen LogP contribution in [0.25, 0.3) is 0 Å². The van der Waals surface area contributed by atoms with E-state index in [0.717, 1.165) is 50.1 Å². The molecule has 0 aromatic heterocycles. The van der Waals surface area contributed by atoms with Crippen LogP contribution in [-0.2, 0) is 81.7 Å². The van der Waals surface area contributed by atoms with Crippen LogP contribution in [-0.4, -0.2) is 55.2 Å². The number of sulfone groups is 3. The van der Waals surface area contributed by atoms with E-state index in [1.807, 2.05) is 62.3 Å². The van der Waals surface area contributed by atoms with E-state index in [1.165, 1.54) is 0 Å². The third-order valence-electron chi connectivity index (χ3n) is 7.39. The molecule has 0 aliphatic heterocycles. The predicted octanol–water partition coefficient (Wildman–Crippen LogP) is 4.38. The summed E-state index contributed by atoms with van der Waals surface area (Å²) in [5, 5.41) is -1.22. The molecule has 13 nitrogen and oxygen atoms in total. The maximum atomic E-state index is 11.6. The van der Waals surface area contributed by atoms with E-state index in [4.69, 9.17) is 19.2 Å². The first-order valence-electron chi connectivity index (χ1n) is 14.1. The molecule has 0 bridgehead atoms. The lowest BCUT2D eigenvalue weighted by atomic mass is 10.1. The molecule has 3 aromatic rings. The first-order valence-corrected chi connectivity index (χ1v) is 23.3. The van der Waals surface area contributed by atoms with Crippen LogP contribution in [0, 0.1) is 62.3 Å². The fourth-order valence-corrected chi connectivity index (χ4v) is 9.21. The Morgan fingerprint density at radius 3 is 0.700 bits per heavy atom. The highest BCUT2D eigenvalue weighted by Crippen LogP contribution is 2.26. The number of rotatable bonds is 9.